The molecule has 1 spiro atoms. The molecule has 2 aliphatic carbocycles. The van der Waals surface area contributed by atoms with Gasteiger partial charge in [-0.15, -0.1) is 0 Å². The van der Waals surface area contributed by atoms with E-state index in [2.05, 4.69) is 31.0 Å². The first-order valence-corrected chi connectivity index (χ1v) is 7.14. The molecule has 2 unspecified atom stereocenters. The van der Waals surface area contributed by atoms with Crippen molar-refractivity contribution in [1.29, 1.82) is 0 Å². The fourth-order valence-electron chi connectivity index (χ4n) is 3.22. The van der Waals surface area contributed by atoms with Gasteiger partial charge in [-0.2, -0.15) is 0 Å². The summed E-state index contributed by atoms with van der Waals surface area (Å²) < 4.78 is 0. The smallest absolute Gasteiger partial charge is 0.244 e. The summed E-state index contributed by atoms with van der Waals surface area (Å²) in [6.07, 6.45) is 6.10. The zero-order valence-electron chi connectivity index (χ0n) is 11.2. The molecule has 0 aromatic carbocycles. The topological polar surface area (TPSA) is 32.3 Å². The van der Waals surface area contributed by atoms with Crippen LogP contribution in [0.5, 0.6) is 0 Å². The Balaban J connectivity index is 1.78. The van der Waals surface area contributed by atoms with Gasteiger partial charge in [-0.3, -0.25) is 10.1 Å². The van der Waals surface area contributed by atoms with Crippen LogP contribution in [-0.4, -0.2) is 28.6 Å². The van der Waals surface area contributed by atoms with Gasteiger partial charge < -0.3 is 4.90 Å². The standard InChI is InChI=1S/C14H24N2O/c1-9(2)8-12-15-14(6-7-14)13(17)16(12)10(3)11-4-5-11/h9-12,15H,4-8H2,1-3H3. The molecule has 0 radical (unpaired) electrons. The molecule has 1 amide bonds. The van der Waals surface area contributed by atoms with Gasteiger partial charge in [-0.25, -0.2) is 0 Å². The van der Waals surface area contributed by atoms with E-state index in [1.54, 1.807) is 0 Å². The van der Waals surface area contributed by atoms with Crippen molar-refractivity contribution in [2.75, 3.05) is 0 Å². The minimum atomic E-state index is -0.136. The summed E-state index contributed by atoms with van der Waals surface area (Å²) in [5, 5.41) is 3.61. The molecule has 1 saturated heterocycles. The first-order chi connectivity index (χ1) is 8.03. The summed E-state index contributed by atoms with van der Waals surface area (Å²) in [5.74, 6) is 1.80. The second kappa shape index (κ2) is 3.71. The molecule has 1 N–H and O–H groups in total. The van der Waals surface area contributed by atoms with Crippen molar-refractivity contribution in [3.05, 3.63) is 0 Å². The summed E-state index contributed by atoms with van der Waals surface area (Å²) in [4.78, 5) is 14.7. The summed E-state index contributed by atoms with van der Waals surface area (Å²) in [5.41, 5.74) is -0.136. The number of hydrogen-bond acceptors (Lipinski definition) is 2. The van der Waals surface area contributed by atoms with Crippen LogP contribution in [-0.2, 0) is 4.79 Å². The van der Waals surface area contributed by atoms with Gasteiger partial charge in [-0.05, 0) is 50.9 Å². The summed E-state index contributed by atoms with van der Waals surface area (Å²) in [6.45, 7) is 6.72. The number of nitrogens with one attached hydrogen (secondary N) is 1. The molecule has 1 heterocycles. The first-order valence-electron chi connectivity index (χ1n) is 7.14. The molecule has 1 aliphatic heterocycles. The lowest BCUT2D eigenvalue weighted by Crippen LogP contribution is -2.44. The van der Waals surface area contributed by atoms with Gasteiger partial charge >= 0.3 is 0 Å². The van der Waals surface area contributed by atoms with Crippen molar-refractivity contribution >= 4 is 5.91 Å². The molecule has 17 heavy (non-hydrogen) atoms. The first kappa shape index (κ1) is 11.5. The van der Waals surface area contributed by atoms with E-state index in [0.717, 1.165) is 25.2 Å². The molecule has 3 rings (SSSR count). The van der Waals surface area contributed by atoms with Crippen molar-refractivity contribution in [2.24, 2.45) is 11.8 Å². The van der Waals surface area contributed by atoms with Gasteiger partial charge in [0.05, 0.1) is 11.7 Å². The van der Waals surface area contributed by atoms with Crippen LogP contribution in [0.4, 0.5) is 0 Å². The molecular formula is C14H24N2O. The maximum atomic E-state index is 12.5. The third kappa shape index (κ3) is 1.88. The maximum Gasteiger partial charge on any atom is 0.244 e. The highest BCUT2D eigenvalue weighted by Crippen LogP contribution is 2.46. The quantitative estimate of drug-likeness (QED) is 0.811. The SMILES string of the molecule is CC(C)CC1NC2(CC2)C(=O)N1C(C)C1CC1. The second-order valence-electron chi connectivity index (χ2n) is 6.66. The van der Waals surface area contributed by atoms with Crippen LogP contribution in [0.2, 0.25) is 0 Å². The highest BCUT2D eigenvalue weighted by molar-refractivity contribution is 5.92. The van der Waals surface area contributed by atoms with E-state index in [-0.39, 0.29) is 5.54 Å². The molecule has 3 heteroatoms. The lowest BCUT2D eigenvalue weighted by molar-refractivity contribution is -0.133. The summed E-state index contributed by atoms with van der Waals surface area (Å²) in [7, 11) is 0. The third-order valence-corrected chi connectivity index (χ3v) is 4.61. The van der Waals surface area contributed by atoms with Crippen LogP contribution < -0.4 is 5.32 Å². The average molecular weight is 236 g/mol. The van der Waals surface area contributed by atoms with Crippen LogP contribution in [0, 0.1) is 11.8 Å². The molecule has 3 nitrogen and oxygen atoms in total. The predicted octanol–water partition coefficient (Wildman–Crippen LogP) is 2.12. The van der Waals surface area contributed by atoms with Crippen molar-refractivity contribution in [1.82, 2.24) is 10.2 Å². The van der Waals surface area contributed by atoms with Crippen LogP contribution in [0.25, 0.3) is 0 Å². The number of carbonyl (C=O) groups is 1. The van der Waals surface area contributed by atoms with Crippen LogP contribution in [0.3, 0.4) is 0 Å². The van der Waals surface area contributed by atoms with Crippen LogP contribution in [0.1, 0.15) is 52.9 Å². The Morgan fingerprint density at radius 1 is 1.35 bits per heavy atom. The van der Waals surface area contributed by atoms with Crippen molar-refractivity contribution in [2.45, 2.75) is 70.6 Å². The lowest BCUT2D eigenvalue weighted by Gasteiger charge is -2.31. The van der Waals surface area contributed by atoms with Crippen molar-refractivity contribution in [3.63, 3.8) is 0 Å². The molecule has 2 saturated carbocycles. The van der Waals surface area contributed by atoms with Crippen LogP contribution in [0.15, 0.2) is 0 Å². The highest BCUT2D eigenvalue weighted by Gasteiger charge is 2.60. The van der Waals surface area contributed by atoms with E-state index < -0.39 is 0 Å². The van der Waals surface area contributed by atoms with E-state index in [1.807, 2.05) is 0 Å². The average Bonchev–Trinajstić information content (AvgIpc) is 3.11. The van der Waals surface area contributed by atoms with E-state index in [9.17, 15) is 4.79 Å². The normalized spacial score (nSPS) is 32.6. The van der Waals surface area contributed by atoms with Crippen molar-refractivity contribution in [3.8, 4) is 0 Å². The molecule has 3 fully saturated rings. The number of nitrogens with zero attached hydrogens (tertiary/aromatic N) is 1. The zero-order chi connectivity index (χ0) is 12.2. The number of amides is 1. The minimum Gasteiger partial charge on any atom is -0.323 e. The Morgan fingerprint density at radius 3 is 2.47 bits per heavy atom. The maximum absolute atomic E-state index is 12.5. The lowest BCUT2D eigenvalue weighted by atomic mass is 10.1. The molecule has 2 atom stereocenters. The van der Waals surface area contributed by atoms with Gasteiger partial charge in [0.2, 0.25) is 5.91 Å². The number of hydrogen-bond donors (Lipinski definition) is 1. The van der Waals surface area contributed by atoms with E-state index in [1.165, 1.54) is 12.8 Å². The molecule has 3 aliphatic rings. The Labute approximate surface area is 104 Å². The molecule has 0 aromatic heterocycles. The Hall–Kier alpha value is -0.570. The van der Waals surface area contributed by atoms with E-state index >= 15 is 0 Å². The van der Waals surface area contributed by atoms with Gasteiger partial charge in [0, 0.05) is 6.04 Å². The van der Waals surface area contributed by atoms with Gasteiger partial charge in [0.15, 0.2) is 0 Å². The van der Waals surface area contributed by atoms with Gasteiger partial charge in [0.1, 0.15) is 0 Å². The summed E-state index contributed by atoms with van der Waals surface area (Å²) >= 11 is 0. The Kier molecular flexibility index (Phi) is 2.51. The van der Waals surface area contributed by atoms with Gasteiger partial charge in [0.25, 0.3) is 0 Å². The second-order valence-corrected chi connectivity index (χ2v) is 6.66. The van der Waals surface area contributed by atoms with E-state index in [4.69, 9.17) is 0 Å². The van der Waals surface area contributed by atoms with Gasteiger partial charge in [-0.1, -0.05) is 13.8 Å². The Morgan fingerprint density at radius 2 is 2.00 bits per heavy atom. The van der Waals surface area contributed by atoms with Crippen molar-refractivity contribution < 1.29 is 4.79 Å². The minimum absolute atomic E-state index is 0.136. The zero-order valence-corrected chi connectivity index (χ0v) is 11.2. The third-order valence-electron chi connectivity index (χ3n) is 4.61. The summed E-state index contributed by atoms with van der Waals surface area (Å²) in [6, 6.07) is 0.443. The molecule has 0 bridgehead atoms. The molecule has 0 aromatic rings. The highest BCUT2D eigenvalue weighted by atomic mass is 16.2. The molecular weight excluding hydrogens is 212 g/mol. The van der Waals surface area contributed by atoms with E-state index in [0.29, 0.717) is 24.0 Å². The Bertz CT molecular complexity index is 331. The fraction of sp³-hybridized carbons (Fsp3) is 0.929. The number of carbonyl (C=O) groups excluding carboxylic acids is 1. The number of rotatable bonds is 4. The monoisotopic (exact) mass is 236 g/mol. The van der Waals surface area contributed by atoms with Crippen LogP contribution >= 0.6 is 0 Å². The predicted molar refractivity (Wildman–Crippen MR) is 67.4 cm³/mol. The fourth-order valence-corrected chi connectivity index (χ4v) is 3.22. The molecule has 96 valence electrons. The largest absolute Gasteiger partial charge is 0.323 e.